The molecule has 0 aliphatic carbocycles. The van der Waals surface area contributed by atoms with Crippen molar-refractivity contribution in [1.29, 1.82) is 0 Å². The van der Waals surface area contributed by atoms with E-state index in [1.54, 1.807) is 10.7 Å². The summed E-state index contributed by atoms with van der Waals surface area (Å²) in [6, 6.07) is 38.1. The first-order chi connectivity index (χ1) is 20.9. The number of amides is 1. The Labute approximate surface area is 247 Å². The average Bonchev–Trinajstić information content (AvgIpc) is 3.40. The van der Waals surface area contributed by atoms with Gasteiger partial charge in [-0.15, -0.1) is 0 Å². The highest BCUT2D eigenvalue weighted by Crippen LogP contribution is 2.44. The number of hydrogen-bond acceptors (Lipinski definition) is 4. The number of sulfone groups is 1. The average molecular weight is 594 g/mol. The lowest BCUT2D eigenvalue weighted by molar-refractivity contribution is -0.117. The second-order valence-electron chi connectivity index (χ2n) is 9.89. The van der Waals surface area contributed by atoms with Crippen LogP contribution in [-0.2, 0) is 20.2 Å². The molecule has 0 radical (unpaired) electrons. The number of halogens is 2. The molecule has 0 bridgehead atoms. The molecule has 1 N–H and O–H groups in total. The molecule has 0 aliphatic rings. The van der Waals surface area contributed by atoms with Crippen LogP contribution in [0, 0.1) is 5.82 Å². The van der Waals surface area contributed by atoms with E-state index in [2.05, 4.69) is 5.32 Å². The highest BCUT2D eigenvalue weighted by molar-refractivity contribution is 7.91. The van der Waals surface area contributed by atoms with Crippen LogP contribution in [0.4, 0.5) is 14.6 Å². The van der Waals surface area contributed by atoms with E-state index in [9.17, 15) is 22.0 Å². The highest BCUT2D eigenvalue weighted by Gasteiger charge is 2.41. The molecule has 1 amide bonds. The second kappa shape index (κ2) is 11.3. The van der Waals surface area contributed by atoms with E-state index in [-0.39, 0.29) is 21.0 Å². The van der Waals surface area contributed by atoms with Crippen molar-refractivity contribution < 1.29 is 22.0 Å². The molecule has 0 atom stereocenters. The SMILES string of the molecule is O=C(CF)Nc1nn(C(c2ccccc2)(c2ccccc2)c2ccccc2)c2ccc(S(=O)(=O)c3cccc(F)c3)cc12. The molecule has 1 aromatic heterocycles. The molecule has 0 saturated carbocycles. The summed E-state index contributed by atoms with van der Waals surface area (Å²) in [6.45, 7) is -1.29. The second-order valence-corrected chi connectivity index (χ2v) is 11.8. The van der Waals surface area contributed by atoms with Crippen LogP contribution in [0.1, 0.15) is 16.7 Å². The lowest BCUT2D eigenvalue weighted by Gasteiger charge is -2.37. The van der Waals surface area contributed by atoms with E-state index in [0.717, 1.165) is 28.8 Å². The molecule has 0 fully saturated rings. The monoisotopic (exact) mass is 593 g/mol. The van der Waals surface area contributed by atoms with Crippen molar-refractivity contribution in [2.24, 2.45) is 0 Å². The first-order valence-electron chi connectivity index (χ1n) is 13.4. The number of aromatic nitrogens is 2. The maximum Gasteiger partial charge on any atom is 0.256 e. The van der Waals surface area contributed by atoms with Crippen molar-refractivity contribution in [2.75, 3.05) is 12.0 Å². The van der Waals surface area contributed by atoms with Gasteiger partial charge in [-0.05, 0) is 53.1 Å². The molecule has 0 spiro atoms. The first-order valence-corrected chi connectivity index (χ1v) is 14.9. The molecular weight excluding hydrogens is 568 g/mol. The number of alkyl halides is 1. The first kappa shape index (κ1) is 28.0. The normalized spacial score (nSPS) is 11.9. The van der Waals surface area contributed by atoms with E-state index in [0.29, 0.717) is 5.52 Å². The van der Waals surface area contributed by atoms with Gasteiger partial charge in [0.1, 0.15) is 11.4 Å². The van der Waals surface area contributed by atoms with Gasteiger partial charge in [0.2, 0.25) is 9.84 Å². The standard InChI is InChI=1S/C34H25F2N3O3S/c35-23-32(40)37-33-30-22-29(43(41,42)28-18-10-17-27(36)21-28)19-20-31(30)39(38-33)34(24-11-4-1-5-12-24,25-13-6-2-7-14-25)26-15-8-3-9-16-26/h1-22H,23H2,(H,37,38,40). The van der Waals surface area contributed by atoms with Gasteiger partial charge in [0.25, 0.3) is 5.91 Å². The van der Waals surface area contributed by atoms with Gasteiger partial charge in [-0.1, -0.05) is 97.1 Å². The van der Waals surface area contributed by atoms with E-state index in [1.165, 1.54) is 24.3 Å². The third-order valence-corrected chi connectivity index (χ3v) is 9.09. The molecule has 0 aliphatic heterocycles. The van der Waals surface area contributed by atoms with Crippen LogP contribution >= 0.6 is 0 Å². The Morgan fingerprint density at radius 1 is 0.721 bits per heavy atom. The lowest BCUT2D eigenvalue weighted by Crippen LogP contribution is -2.38. The molecule has 9 heteroatoms. The van der Waals surface area contributed by atoms with Crippen molar-refractivity contribution in [3.63, 3.8) is 0 Å². The lowest BCUT2D eigenvalue weighted by atomic mass is 9.77. The Morgan fingerprint density at radius 3 is 1.77 bits per heavy atom. The van der Waals surface area contributed by atoms with Crippen molar-refractivity contribution in [3.05, 3.63) is 156 Å². The summed E-state index contributed by atoms with van der Waals surface area (Å²) in [6.07, 6.45) is 0. The van der Waals surface area contributed by atoms with E-state index >= 15 is 0 Å². The maximum absolute atomic E-state index is 14.0. The third-order valence-electron chi connectivity index (χ3n) is 7.34. The quantitative estimate of drug-likeness (QED) is 0.198. The molecule has 0 saturated heterocycles. The number of hydrogen-bond donors (Lipinski definition) is 1. The minimum absolute atomic E-state index is 0.0129. The fraction of sp³-hybridized carbons (Fsp3) is 0.0588. The number of fused-ring (bicyclic) bond motifs is 1. The van der Waals surface area contributed by atoms with Crippen LogP contribution in [0.25, 0.3) is 10.9 Å². The van der Waals surface area contributed by atoms with Gasteiger partial charge in [0.15, 0.2) is 12.5 Å². The Bertz CT molecular complexity index is 1940. The number of benzene rings is 5. The van der Waals surface area contributed by atoms with E-state index in [1.807, 2.05) is 91.0 Å². The van der Waals surface area contributed by atoms with Crippen LogP contribution in [0.15, 0.2) is 143 Å². The zero-order valence-electron chi connectivity index (χ0n) is 22.7. The van der Waals surface area contributed by atoms with Crippen LogP contribution in [0.2, 0.25) is 0 Å². The smallest absolute Gasteiger partial charge is 0.256 e. The largest absolute Gasteiger partial charge is 0.306 e. The molecule has 6 aromatic rings. The van der Waals surface area contributed by atoms with Crippen LogP contribution in [0.5, 0.6) is 0 Å². The maximum atomic E-state index is 14.0. The Morgan fingerprint density at radius 2 is 1.26 bits per heavy atom. The van der Waals surface area contributed by atoms with Crippen LogP contribution in [-0.4, -0.2) is 30.8 Å². The zero-order valence-corrected chi connectivity index (χ0v) is 23.5. The Hall–Kier alpha value is -5.15. The van der Waals surface area contributed by atoms with Crippen molar-refractivity contribution in [3.8, 4) is 0 Å². The summed E-state index contributed by atoms with van der Waals surface area (Å²) >= 11 is 0. The van der Waals surface area contributed by atoms with Crippen molar-refractivity contribution in [2.45, 2.75) is 15.3 Å². The van der Waals surface area contributed by atoms with Gasteiger partial charge < -0.3 is 5.32 Å². The van der Waals surface area contributed by atoms with Gasteiger partial charge in [-0.25, -0.2) is 21.9 Å². The molecule has 5 aromatic carbocycles. The summed E-state index contributed by atoms with van der Waals surface area (Å²) in [4.78, 5) is 12.0. The van der Waals surface area contributed by atoms with Crippen molar-refractivity contribution in [1.82, 2.24) is 9.78 Å². The Kier molecular flexibility index (Phi) is 7.33. The van der Waals surface area contributed by atoms with Gasteiger partial charge in [0.05, 0.1) is 15.3 Å². The molecule has 0 unspecified atom stereocenters. The summed E-state index contributed by atoms with van der Waals surface area (Å²) < 4.78 is 56.3. The van der Waals surface area contributed by atoms with Gasteiger partial charge in [0, 0.05) is 5.39 Å². The minimum atomic E-state index is -4.15. The predicted octanol–water partition coefficient (Wildman–Crippen LogP) is 6.76. The minimum Gasteiger partial charge on any atom is -0.306 e. The summed E-state index contributed by atoms with van der Waals surface area (Å²) in [5, 5.41) is 7.63. The topological polar surface area (TPSA) is 81.1 Å². The van der Waals surface area contributed by atoms with Crippen LogP contribution < -0.4 is 5.32 Å². The number of rotatable bonds is 8. The van der Waals surface area contributed by atoms with E-state index < -0.39 is 33.8 Å². The van der Waals surface area contributed by atoms with Gasteiger partial charge in [-0.2, -0.15) is 5.10 Å². The third kappa shape index (κ3) is 4.87. The van der Waals surface area contributed by atoms with Crippen LogP contribution in [0.3, 0.4) is 0 Å². The van der Waals surface area contributed by atoms with Crippen molar-refractivity contribution >= 4 is 32.5 Å². The Balaban J connectivity index is 1.70. The van der Waals surface area contributed by atoms with Gasteiger partial charge in [-0.3, -0.25) is 4.79 Å². The summed E-state index contributed by atoms with van der Waals surface area (Å²) in [5.41, 5.74) is 1.91. The number of anilines is 1. The highest BCUT2D eigenvalue weighted by atomic mass is 32.2. The van der Waals surface area contributed by atoms with Gasteiger partial charge >= 0.3 is 0 Å². The molecule has 6 rings (SSSR count). The number of carbonyl (C=O) groups excluding carboxylic acids is 1. The molecular formula is C34H25F2N3O3S. The summed E-state index contributed by atoms with van der Waals surface area (Å²) in [5.74, 6) is -1.64. The zero-order chi connectivity index (χ0) is 30.0. The fourth-order valence-electron chi connectivity index (χ4n) is 5.45. The molecule has 6 nitrogen and oxygen atoms in total. The summed E-state index contributed by atoms with van der Waals surface area (Å²) in [7, 11) is -4.15. The van der Waals surface area contributed by atoms with E-state index in [4.69, 9.17) is 5.10 Å². The number of nitrogens with one attached hydrogen (secondary N) is 1. The molecule has 1 heterocycles. The molecule has 43 heavy (non-hydrogen) atoms. The number of nitrogens with zero attached hydrogens (tertiary/aromatic N) is 2. The number of carbonyl (C=O) groups is 1. The predicted molar refractivity (Wildman–Crippen MR) is 161 cm³/mol. The molecule has 214 valence electrons. The fourth-order valence-corrected chi connectivity index (χ4v) is 6.77.